The fourth-order valence-corrected chi connectivity index (χ4v) is 2.07. The summed E-state index contributed by atoms with van der Waals surface area (Å²) in [4.78, 5) is 0. The summed E-state index contributed by atoms with van der Waals surface area (Å²) < 4.78 is 0. The first-order valence-corrected chi connectivity index (χ1v) is 6.22. The summed E-state index contributed by atoms with van der Waals surface area (Å²) in [6, 6.07) is 19.7. The first-order chi connectivity index (χ1) is 9.22. The van der Waals surface area contributed by atoms with Crippen LogP contribution in [0.5, 0.6) is 0 Å². The van der Waals surface area contributed by atoms with E-state index in [9.17, 15) is 0 Å². The molecule has 0 N–H and O–H groups in total. The lowest BCUT2D eigenvalue weighted by Crippen LogP contribution is -1.98. The van der Waals surface area contributed by atoms with Crippen molar-refractivity contribution < 1.29 is 0 Å². The maximum absolute atomic E-state index is 8.78. The number of benzene rings is 2. The van der Waals surface area contributed by atoms with Crippen molar-refractivity contribution in [2.24, 2.45) is 0 Å². The average Bonchev–Trinajstić information content (AvgIpc) is 2.48. The Kier molecular flexibility index (Phi) is 3.96. The molecule has 19 heavy (non-hydrogen) atoms. The Morgan fingerprint density at radius 1 is 0.842 bits per heavy atom. The molecule has 0 aromatic heterocycles. The van der Waals surface area contributed by atoms with E-state index in [1.54, 1.807) is 0 Å². The third-order valence-corrected chi connectivity index (χ3v) is 3.23. The zero-order valence-corrected chi connectivity index (χ0v) is 10.8. The van der Waals surface area contributed by atoms with E-state index in [0.717, 1.165) is 6.42 Å². The molecule has 0 fully saturated rings. The maximum Gasteiger partial charge on any atom is 0.0991 e. The molecule has 2 aromatic rings. The van der Waals surface area contributed by atoms with Crippen molar-refractivity contribution >= 4 is 0 Å². The number of hydrogen-bond acceptors (Lipinski definition) is 2. The van der Waals surface area contributed by atoms with Crippen LogP contribution in [-0.2, 0) is 6.42 Å². The molecule has 0 aliphatic heterocycles. The number of nitriles is 2. The summed E-state index contributed by atoms with van der Waals surface area (Å²) in [6.45, 7) is 2.17. The van der Waals surface area contributed by atoms with Crippen molar-refractivity contribution in [2.45, 2.75) is 19.3 Å². The van der Waals surface area contributed by atoms with E-state index in [2.05, 4.69) is 19.1 Å². The molecule has 0 saturated carbocycles. The summed E-state index contributed by atoms with van der Waals surface area (Å²) in [5, 5.41) is 17.5. The highest BCUT2D eigenvalue weighted by molar-refractivity contribution is 5.35. The summed E-state index contributed by atoms with van der Waals surface area (Å²) >= 11 is 0. The molecular formula is C17H14N2. The minimum Gasteiger partial charge on any atom is -0.192 e. The normalized spacial score (nSPS) is 11.3. The monoisotopic (exact) mass is 246 g/mol. The van der Waals surface area contributed by atoms with Gasteiger partial charge in [-0.1, -0.05) is 31.2 Å². The van der Waals surface area contributed by atoms with Gasteiger partial charge < -0.3 is 0 Å². The molecule has 92 valence electrons. The molecule has 0 saturated heterocycles. The molecule has 0 aliphatic carbocycles. The lowest BCUT2D eigenvalue weighted by molar-refractivity contribution is 0.759. The Morgan fingerprint density at radius 3 is 1.79 bits per heavy atom. The molecule has 0 aliphatic rings. The third kappa shape index (κ3) is 3.21. The van der Waals surface area contributed by atoms with Crippen molar-refractivity contribution in [2.75, 3.05) is 0 Å². The minimum atomic E-state index is 0.390. The van der Waals surface area contributed by atoms with Gasteiger partial charge in [-0.2, -0.15) is 10.5 Å². The van der Waals surface area contributed by atoms with Crippen LogP contribution in [0, 0.1) is 22.7 Å². The number of rotatable bonds is 3. The molecule has 0 bridgehead atoms. The Balaban J connectivity index is 2.09. The van der Waals surface area contributed by atoms with E-state index < -0.39 is 0 Å². The van der Waals surface area contributed by atoms with Gasteiger partial charge >= 0.3 is 0 Å². The topological polar surface area (TPSA) is 47.6 Å². The second-order valence-electron chi connectivity index (χ2n) is 4.65. The Bertz CT molecular complexity index is 625. The zero-order chi connectivity index (χ0) is 13.7. The molecule has 0 spiro atoms. The molecule has 1 unspecified atom stereocenters. The first-order valence-electron chi connectivity index (χ1n) is 6.22. The van der Waals surface area contributed by atoms with Gasteiger partial charge in [0.2, 0.25) is 0 Å². The second-order valence-corrected chi connectivity index (χ2v) is 4.65. The predicted molar refractivity (Wildman–Crippen MR) is 74.4 cm³/mol. The van der Waals surface area contributed by atoms with Crippen LogP contribution < -0.4 is 0 Å². The quantitative estimate of drug-likeness (QED) is 0.827. The van der Waals surface area contributed by atoms with Crippen molar-refractivity contribution in [1.29, 1.82) is 10.5 Å². The van der Waals surface area contributed by atoms with Crippen LogP contribution >= 0.6 is 0 Å². The molecule has 0 heterocycles. The molecule has 2 rings (SSSR count). The largest absolute Gasteiger partial charge is 0.192 e. The molecular weight excluding hydrogens is 232 g/mol. The van der Waals surface area contributed by atoms with E-state index >= 15 is 0 Å². The van der Waals surface area contributed by atoms with Gasteiger partial charge in [-0.05, 0) is 47.7 Å². The highest BCUT2D eigenvalue weighted by atomic mass is 14.2. The first kappa shape index (κ1) is 12.9. The lowest BCUT2D eigenvalue weighted by Gasteiger charge is -2.12. The van der Waals surface area contributed by atoms with Gasteiger partial charge in [0.15, 0.2) is 0 Å². The minimum absolute atomic E-state index is 0.390. The van der Waals surface area contributed by atoms with Crippen molar-refractivity contribution in [1.82, 2.24) is 0 Å². The molecule has 0 radical (unpaired) electrons. The Labute approximate surface area is 113 Å². The smallest absolute Gasteiger partial charge is 0.0991 e. The van der Waals surface area contributed by atoms with Crippen LogP contribution in [0.2, 0.25) is 0 Å². The van der Waals surface area contributed by atoms with Crippen LogP contribution in [0.15, 0.2) is 48.5 Å². The summed E-state index contributed by atoms with van der Waals surface area (Å²) in [6.07, 6.45) is 0.928. The van der Waals surface area contributed by atoms with E-state index in [1.165, 1.54) is 11.1 Å². The predicted octanol–water partition coefficient (Wildman–Crippen LogP) is 3.78. The highest BCUT2D eigenvalue weighted by Crippen LogP contribution is 2.21. The highest BCUT2D eigenvalue weighted by Gasteiger charge is 2.06. The van der Waals surface area contributed by atoms with Crippen LogP contribution in [0.3, 0.4) is 0 Å². The van der Waals surface area contributed by atoms with Gasteiger partial charge in [0.1, 0.15) is 0 Å². The number of hydrogen-bond donors (Lipinski definition) is 0. The van der Waals surface area contributed by atoms with Gasteiger partial charge in [-0.25, -0.2) is 0 Å². The van der Waals surface area contributed by atoms with Crippen LogP contribution in [-0.4, -0.2) is 0 Å². The van der Waals surface area contributed by atoms with Crippen LogP contribution in [0.1, 0.15) is 35.1 Å². The Hall–Kier alpha value is -2.58. The second kappa shape index (κ2) is 5.85. The number of nitrogens with zero attached hydrogens (tertiary/aromatic N) is 2. The molecule has 0 amide bonds. The van der Waals surface area contributed by atoms with Gasteiger partial charge in [0.05, 0.1) is 23.3 Å². The van der Waals surface area contributed by atoms with Gasteiger partial charge in [-0.3, -0.25) is 0 Å². The van der Waals surface area contributed by atoms with E-state index in [4.69, 9.17) is 10.5 Å². The van der Waals surface area contributed by atoms with Gasteiger partial charge in [-0.15, -0.1) is 0 Å². The maximum atomic E-state index is 8.78. The lowest BCUT2D eigenvalue weighted by atomic mass is 9.93. The zero-order valence-electron chi connectivity index (χ0n) is 10.8. The van der Waals surface area contributed by atoms with Crippen molar-refractivity contribution in [3.63, 3.8) is 0 Å². The Morgan fingerprint density at radius 2 is 1.32 bits per heavy atom. The van der Waals surface area contributed by atoms with Crippen LogP contribution in [0.25, 0.3) is 0 Å². The third-order valence-electron chi connectivity index (χ3n) is 3.23. The van der Waals surface area contributed by atoms with Crippen molar-refractivity contribution in [3.8, 4) is 12.1 Å². The summed E-state index contributed by atoms with van der Waals surface area (Å²) in [5.74, 6) is 0.390. The van der Waals surface area contributed by atoms with E-state index in [1.807, 2.05) is 48.5 Å². The molecule has 2 nitrogen and oxygen atoms in total. The van der Waals surface area contributed by atoms with E-state index in [0.29, 0.717) is 17.0 Å². The van der Waals surface area contributed by atoms with Gasteiger partial charge in [0.25, 0.3) is 0 Å². The summed E-state index contributed by atoms with van der Waals surface area (Å²) in [5.41, 5.74) is 3.82. The fraction of sp³-hybridized carbons (Fsp3) is 0.176. The molecule has 2 heteroatoms. The fourth-order valence-electron chi connectivity index (χ4n) is 2.07. The van der Waals surface area contributed by atoms with E-state index in [-0.39, 0.29) is 0 Å². The standard InChI is InChI=1S/C17H14N2/c1-13(17-8-6-16(12-19)7-9-17)10-14-2-4-15(11-18)5-3-14/h2-9,13H,10H2,1H3. The molecule has 2 aromatic carbocycles. The SMILES string of the molecule is CC(Cc1ccc(C#N)cc1)c1ccc(C#N)cc1. The van der Waals surface area contributed by atoms with Crippen LogP contribution in [0.4, 0.5) is 0 Å². The van der Waals surface area contributed by atoms with Crippen molar-refractivity contribution in [3.05, 3.63) is 70.8 Å². The van der Waals surface area contributed by atoms with Gasteiger partial charge in [0, 0.05) is 0 Å². The molecule has 1 atom stereocenters. The average molecular weight is 246 g/mol. The summed E-state index contributed by atoms with van der Waals surface area (Å²) in [7, 11) is 0.